The number of hydrogen-bond acceptors (Lipinski definition) is 3. The first-order valence-electron chi connectivity index (χ1n) is 10.5. The lowest BCUT2D eigenvalue weighted by Gasteiger charge is -2.18. The fourth-order valence-electron chi connectivity index (χ4n) is 4.11. The molecule has 0 radical (unpaired) electrons. The number of rotatable bonds is 5. The van der Waals surface area contributed by atoms with Gasteiger partial charge in [-0.05, 0) is 30.5 Å². The summed E-state index contributed by atoms with van der Waals surface area (Å²) >= 11 is 0. The number of aromatic nitrogens is 1. The van der Waals surface area contributed by atoms with Gasteiger partial charge in [-0.15, -0.1) is 0 Å². The van der Waals surface area contributed by atoms with Crippen molar-refractivity contribution in [2.24, 2.45) is 0 Å². The van der Waals surface area contributed by atoms with Gasteiger partial charge in [-0.3, -0.25) is 14.6 Å². The van der Waals surface area contributed by atoms with Gasteiger partial charge >= 0.3 is 0 Å². The Bertz CT molecular complexity index is 1060. The number of benzene rings is 2. The highest BCUT2D eigenvalue weighted by Crippen LogP contribution is 2.30. The van der Waals surface area contributed by atoms with Crippen molar-refractivity contribution in [3.05, 3.63) is 77.5 Å². The Morgan fingerprint density at radius 2 is 1.80 bits per heavy atom. The van der Waals surface area contributed by atoms with Crippen LogP contribution in [0.2, 0.25) is 0 Å². The smallest absolute Gasteiger partial charge is 0.254 e. The summed E-state index contributed by atoms with van der Waals surface area (Å²) in [6.07, 6.45) is 2.15. The molecule has 1 atom stereocenters. The van der Waals surface area contributed by atoms with E-state index in [0.717, 1.165) is 36.0 Å². The van der Waals surface area contributed by atoms with E-state index in [9.17, 15) is 9.59 Å². The Hall–Kier alpha value is -3.21. The van der Waals surface area contributed by atoms with Crippen LogP contribution in [-0.4, -0.2) is 53.8 Å². The Morgan fingerprint density at radius 1 is 1.07 bits per heavy atom. The summed E-state index contributed by atoms with van der Waals surface area (Å²) in [7, 11) is 3.53. The zero-order valence-electron chi connectivity index (χ0n) is 17.5. The third-order valence-electron chi connectivity index (χ3n) is 5.80. The molecule has 2 heterocycles. The minimum Gasteiger partial charge on any atom is -0.345 e. The van der Waals surface area contributed by atoms with Crippen LogP contribution in [0.25, 0.3) is 10.9 Å². The normalized spacial score (nSPS) is 16.1. The molecule has 0 N–H and O–H groups in total. The number of likely N-dealkylation sites (tertiary alicyclic amines) is 1. The van der Waals surface area contributed by atoms with Gasteiger partial charge in [0.15, 0.2) is 0 Å². The van der Waals surface area contributed by atoms with E-state index < -0.39 is 0 Å². The average Bonchev–Trinajstić information content (AvgIpc) is 3.27. The fraction of sp³-hybridized carbons (Fsp3) is 0.320. The van der Waals surface area contributed by atoms with E-state index in [0.29, 0.717) is 18.5 Å². The third kappa shape index (κ3) is 4.20. The Morgan fingerprint density at radius 3 is 2.57 bits per heavy atom. The van der Waals surface area contributed by atoms with E-state index in [4.69, 9.17) is 4.98 Å². The third-order valence-corrected chi connectivity index (χ3v) is 5.80. The molecule has 2 aromatic carbocycles. The number of aryl methyl sites for hydroxylation is 1. The summed E-state index contributed by atoms with van der Waals surface area (Å²) in [6.45, 7) is 1.40. The maximum absolute atomic E-state index is 12.8. The van der Waals surface area contributed by atoms with Crippen LogP contribution in [0.4, 0.5) is 0 Å². The second kappa shape index (κ2) is 8.66. The molecule has 0 spiro atoms. The van der Waals surface area contributed by atoms with Crippen LogP contribution in [0.15, 0.2) is 60.7 Å². The molecule has 1 fully saturated rings. The van der Waals surface area contributed by atoms with Crippen molar-refractivity contribution >= 4 is 22.7 Å². The first kappa shape index (κ1) is 20.1. The van der Waals surface area contributed by atoms with E-state index in [-0.39, 0.29) is 17.7 Å². The van der Waals surface area contributed by atoms with Crippen molar-refractivity contribution < 1.29 is 9.59 Å². The number of hydrogen-bond donors (Lipinski definition) is 0. The summed E-state index contributed by atoms with van der Waals surface area (Å²) in [4.78, 5) is 33.8. The lowest BCUT2D eigenvalue weighted by Crippen LogP contribution is -2.28. The molecule has 4 rings (SSSR count). The molecule has 30 heavy (non-hydrogen) atoms. The summed E-state index contributed by atoms with van der Waals surface area (Å²) < 4.78 is 0. The van der Waals surface area contributed by atoms with Gasteiger partial charge in [-0.1, -0.05) is 48.5 Å². The number of nitrogens with zero attached hydrogens (tertiary/aromatic N) is 3. The van der Waals surface area contributed by atoms with E-state index >= 15 is 0 Å². The molecule has 154 valence electrons. The molecular formula is C25H27N3O2. The molecule has 5 nitrogen and oxygen atoms in total. The Kier molecular flexibility index (Phi) is 5.79. The quantitative estimate of drug-likeness (QED) is 0.652. The van der Waals surface area contributed by atoms with Crippen molar-refractivity contribution in [1.82, 2.24) is 14.8 Å². The highest BCUT2D eigenvalue weighted by molar-refractivity contribution is 6.06. The van der Waals surface area contributed by atoms with Gasteiger partial charge in [-0.2, -0.15) is 0 Å². The van der Waals surface area contributed by atoms with Crippen LogP contribution in [0.3, 0.4) is 0 Å². The van der Waals surface area contributed by atoms with Crippen molar-refractivity contribution in [3.8, 4) is 0 Å². The van der Waals surface area contributed by atoms with Crippen molar-refractivity contribution in [3.63, 3.8) is 0 Å². The lowest BCUT2D eigenvalue weighted by molar-refractivity contribution is -0.130. The summed E-state index contributed by atoms with van der Waals surface area (Å²) in [5.41, 5.74) is 3.59. The van der Waals surface area contributed by atoms with Crippen LogP contribution >= 0.6 is 0 Å². The molecule has 1 saturated heterocycles. The van der Waals surface area contributed by atoms with Gasteiger partial charge in [0.1, 0.15) is 0 Å². The van der Waals surface area contributed by atoms with Gasteiger partial charge in [-0.25, -0.2) is 0 Å². The van der Waals surface area contributed by atoms with Crippen LogP contribution in [0.5, 0.6) is 0 Å². The zero-order chi connectivity index (χ0) is 21.1. The van der Waals surface area contributed by atoms with Crippen LogP contribution < -0.4 is 0 Å². The standard InChI is InChI=1S/C25H27N3O2/c1-27(2)25(30)21-16-23(26-22-11-7-6-10-20(21)22)19-14-15-28(17-19)24(29)13-12-18-8-4-3-5-9-18/h3-11,16,19H,12-15,17H2,1-2H3. The van der Waals surface area contributed by atoms with Gasteiger partial charge in [0, 0.05) is 50.6 Å². The highest BCUT2D eigenvalue weighted by atomic mass is 16.2. The van der Waals surface area contributed by atoms with E-state index in [1.165, 1.54) is 5.56 Å². The van der Waals surface area contributed by atoms with Crippen LogP contribution in [-0.2, 0) is 11.2 Å². The molecule has 2 amide bonds. The topological polar surface area (TPSA) is 53.5 Å². The van der Waals surface area contributed by atoms with E-state index in [1.807, 2.05) is 53.4 Å². The SMILES string of the molecule is CN(C)C(=O)c1cc(C2CCN(C(=O)CCc3ccccc3)C2)nc2ccccc12. The van der Waals surface area contributed by atoms with Crippen molar-refractivity contribution in [2.45, 2.75) is 25.2 Å². The minimum absolute atomic E-state index is 0.0244. The summed E-state index contributed by atoms with van der Waals surface area (Å²) in [6, 6.07) is 19.8. The number of amides is 2. The lowest BCUT2D eigenvalue weighted by atomic mass is 9.99. The first-order chi connectivity index (χ1) is 14.5. The van der Waals surface area contributed by atoms with Gasteiger partial charge in [0.2, 0.25) is 5.91 Å². The molecule has 1 aliphatic heterocycles. The monoisotopic (exact) mass is 401 g/mol. The number of para-hydroxylation sites is 1. The van der Waals surface area contributed by atoms with Gasteiger partial charge in [0.05, 0.1) is 11.1 Å². The second-order valence-electron chi connectivity index (χ2n) is 8.12. The molecule has 1 aromatic heterocycles. The minimum atomic E-state index is -0.0244. The molecule has 5 heteroatoms. The van der Waals surface area contributed by atoms with Crippen LogP contribution in [0, 0.1) is 0 Å². The van der Waals surface area contributed by atoms with Gasteiger partial charge in [0.25, 0.3) is 5.91 Å². The second-order valence-corrected chi connectivity index (χ2v) is 8.12. The molecule has 1 aliphatic rings. The summed E-state index contributed by atoms with van der Waals surface area (Å²) in [5.74, 6) is 0.319. The number of fused-ring (bicyclic) bond motifs is 1. The van der Waals surface area contributed by atoms with E-state index in [1.54, 1.807) is 19.0 Å². The predicted octanol–water partition coefficient (Wildman–Crippen LogP) is 3.89. The fourth-order valence-corrected chi connectivity index (χ4v) is 4.11. The number of pyridine rings is 1. The maximum atomic E-state index is 12.8. The largest absolute Gasteiger partial charge is 0.345 e. The Balaban J connectivity index is 1.51. The molecule has 0 aliphatic carbocycles. The summed E-state index contributed by atoms with van der Waals surface area (Å²) in [5, 5.41) is 0.869. The predicted molar refractivity (Wildman–Crippen MR) is 118 cm³/mol. The highest BCUT2D eigenvalue weighted by Gasteiger charge is 2.29. The molecule has 1 unspecified atom stereocenters. The number of carbonyl (C=O) groups is 2. The molecule has 0 saturated carbocycles. The average molecular weight is 402 g/mol. The molecular weight excluding hydrogens is 374 g/mol. The van der Waals surface area contributed by atoms with Crippen molar-refractivity contribution in [1.29, 1.82) is 0 Å². The van der Waals surface area contributed by atoms with Crippen LogP contribution in [0.1, 0.15) is 40.4 Å². The maximum Gasteiger partial charge on any atom is 0.254 e. The number of carbonyl (C=O) groups excluding carboxylic acids is 2. The Labute approximate surface area is 177 Å². The molecule has 0 bridgehead atoms. The van der Waals surface area contributed by atoms with Crippen molar-refractivity contribution in [2.75, 3.05) is 27.2 Å². The zero-order valence-corrected chi connectivity index (χ0v) is 17.5. The van der Waals surface area contributed by atoms with Gasteiger partial charge < -0.3 is 9.80 Å². The first-order valence-corrected chi connectivity index (χ1v) is 10.5. The molecule has 3 aromatic rings. The van der Waals surface area contributed by atoms with E-state index in [2.05, 4.69) is 12.1 Å².